The molecule has 3 N–H and O–H groups in total. The first-order chi connectivity index (χ1) is 15.7. The molecule has 3 aromatic rings. The number of rotatable bonds is 3. The van der Waals surface area contributed by atoms with E-state index < -0.39 is 35.4 Å². The van der Waals surface area contributed by atoms with Crippen molar-refractivity contribution in [1.82, 2.24) is 0 Å². The largest absolute Gasteiger partial charge is 0.478 e. The average Bonchev–Trinajstić information content (AvgIpc) is 2.67. The lowest BCUT2D eigenvalue weighted by Gasteiger charge is -2.02. The molecule has 0 saturated carbocycles. The minimum atomic E-state index is -1.14. The van der Waals surface area contributed by atoms with E-state index in [0.29, 0.717) is 16.7 Å². The third-order valence-corrected chi connectivity index (χ3v) is 4.60. The molecule has 34 heavy (non-hydrogen) atoms. The Hall–Kier alpha value is -3.85. The van der Waals surface area contributed by atoms with Gasteiger partial charge < -0.3 is 15.3 Å². The first-order valence-corrected chi connectivity index (χ1v) is 9.80. The summed E-state index contributed by atoms with van der Waals surface area (Å²) in [7, 11) is 0. The van der Waals surface area contributed by atoms with Crippen molar-refractivity contribution in [2.24, 2.45) is 0 Å². The van der Waals surface area contributed by atoms with Crippen LogP contribution in [0.4, 0.5) is 13.2 Å². The Morgan fingerprint density at radius 1 is 0.618 bits per heavy atom. The summed E-state index contributed by atoms with van der Waals surface area (Å²) in [5, 5.41) is 25.6. The van der Waals surface area contributed by atoms with E-state index in [4.69, 9.17) is 26.9 Å². The molecular weight excluding hydrogens is 477 g/mol. The average molecular weight is 497 g/mol. The second-order valence-electron chi connectivity index (χ2n) is 6.91. The van der Waals surface area contributed by atoms with Gasteiger partial charge in [0.2, 0.25) is 0 Å². The predicted octanol–water partition coefficient (Wildman–Crippen LogP) is 6.15. The maximum Gasteiger partial charge on any atom is 0.337 e. The highest BCUT2D eigenvalue weighted by molar-refractivity contribution is 6.33. The first-order valence-electron chi connectivity index (χ1n) is 9.42. The Morgan fingerprint density at radius 3 is 1.29 bits per heavy atom. The van der Waals surface area contributed by atoms with Crippen LogP contribution in [0, 0.1) is 38.2 Å². The van der Waals surface area contributed by atoms with Gasteiger partial charge in [0.05, 0.1) is 21.7 Å². The van der Waals surface area contributed by atoms with Crippen molar-refractivity contribution in [3.05, 3.63) is 104 Å². The zero-order valence-corrected chi connectivity index (χ0v) is 19.0. The number of aromatic carboxylic acids is 3. The van der Waals surface area contributed by atoms with E-state index in [9.17, 15) is 27.6 Å². The molecule has 0 saturated heterocycles. The molecule has 10 heteroatoms. The molecule has 0 aliphatic rings. The van der Waals surface area contributed by atoms with Crippen LogP contribution in [0.2, 0.25) is 5.02 Å². The van der Waals surface area contributed by atoms with Crippen LogP contribution in [0.1, 0.15) is 47.8 Å². The molecule has 0 radical (unpaired) electrons. The Bertz CT molecular complexity index is 1140. The monoisotopic (exact) mass is 496 g/mol. The Labute approximate surface area is 197 Å². The fourth-order valence-corrected chi connectivity index (χ4v) is 3.04. The molecule has 6 nitrogen and oxygen atoms in total. The summed E-state index contributed by atoms with van der Waals surface area (Å²) in [5.74, 6) is -4.54. The molecular formula is C24H20ClF3O6. The van der Waals surface area contributed by atoms with Crippen LogP contribution in [0.15, 0.2) is 48.5 Å². The maximum atomic E-state index is 12.6. The van der Waals surface area contributed by atoms with Gasteiger partial charge in [0.15, 0.2) is 0 Å². The highest BCUT2D eigenvalue weighted by Crippen LogP contribution is 2.21. The number of carboxylic acid groups (broad SMARTS) is 3. The number of carbonyl (C=O) groups is 3. The molecule has 180 valence electrons. The zero-order chi connectivity index (χ0) is 26.2. The van der Waals surface area contributed by atoms with Gasteiger partial charge in [-0.1, -0.05) is 11.6 Å². The summed E-state index contributed by atoms with van der Waals surface area (Å²) in [6, 6.07) is 9.30. The first kappa shape index (κ1) is 28.2. The van der Waals surface area contributed by atoms with Gasteiger partial charge in [0.25, 0.3) is 0 Å². The van der Waals surface area contributed by atoms with Crippen molar-refractivity contribution in [2.75, 3.05) is 0 Å². The smallest absolute Gasteiger partial charge is 0.337 e. The van der Waals surface area contributed by atoms with E-state index in [1.807, 2.05) is 0 Å². The second kappa shape index (κ2) is 12.4. The SMILES string of the molecule is Cc1cc(F)cc(Cl)c1C(=O)O.Cc1cc(F)ccc1C(=O)O.Cc1cc(F)ccc1C(=O)O. The molecule has 0 amide bonds. The fourth-order valence-electron chi connectivity index (χ4n) is 2.71. The summed E-state index contributed by atoms with van der Waals surface area (Å²) in [6.45, 7) is 4.62. The number of aryl methyl sites for hydroxylation is 3. The third kappa shape index (κ3) is 8.25. The molecule has 3 aromatic carbocycles. The summed E-state index contributed by atoms with van der Waals surface area (Å²) in [5.41, 5.74) is 1.46. The second-order valence-corrected chi connectivity index (χ2v) is 7.32. The summed E-state index contributed by atoms with van der Waals surface area (Å²) in [4.78, 5) is 31.4. The minimum absolute atomic E-state index is 0.0435. The van der Waals surface area contributed by atoms with Crippen molar-refractivity contribution < 1.29 is 42.9 Å². The van der Waals surface area contributed by atoms with Crippen LogP contribution in [0.3, 0.4) is 0 Å². The van der Waals surface area contributed by atoms with Crippen molar-refractivity contribution in [3.8, 4) is 0 Å². The number of hydrogen-bond acceptors (Lipinski definition) is 3. The van der Waals surface area contributed by atoms with Crippen LogP contribution in [-0.4, -0.2) is 33.2 Å². The maximum absolute atomic E-state index is 12.6. The van der Waals surface area contributed by atoms with Gasteiger partial charge in [-0.3, -0.25) is 0 Å². The van der Waals surface area contributed by atoms with Crippen LogP contribution < -0.4 is 0 Å². The van der Waals surface area contributed by atoms with Crippen molar-refractivity contribution >= 4 is 29.5 Å². The molecule has 0 spiro atoms. The lowest BCUT2D eigenvalue weighted by atomic mass is 10.1. The van der Waals surface area contributed by atoms with Gasteiger partial charge in [-0.2, -0.15) is 0 Å². The minimum Gasteiger partial charge on any atom is -0.478 e. The summed E-state index contributed by atoms with van der Waals surface area (Å²) >= 11 is 5.51. The molecule has 3 rings (SSSR count). The number of hydrogen-bond donors (Lipinski definition) is 3. The Kier molecular flexibility index (Phi) is 10.3. The van der Waals surface area contributed by atoms with E-state index in [2.05, 4.69) is 0 Å². The van der Waals surface area contributed by atoms with E-state index in [0.717, 1.165) is 24.3 Å². The highest BCUT2D eigenvalue weighted by atomic mass is 35.5. The van der Waals surface area contributed by atoms with Crippen molar-refractivity contribution in [2.45, 2.75) is 20.8 Å². The fraction of sp³-hybridized carbons (Fsp3) is 0.125. The molecule has 0 fully saturated rings. The van der Waals surface area contributed by atoms with Crippen LogP contribution >= 0.6 is 11.6 Å². The van der Waals surface area contributed by atoms with E-state index in [-0.39, 0.29) is 21.7 Å². The predicted molar refractivity (Wildman–Crippen MR) is 119 cm³/mol. The molecule has 0 heterocycles. The Balaban J connectivity index is 0.000000255. The van der Waals surface area contributed by atoms with Crippen LogP contribution in [0.25, 0.3) is 0 Å². The van der Waals surface area contributed by atoms with E-state index >= 15 is 0 Å². The van der Waals surface area contributed by atoms with E-state index in [1.54, 1.807) is 13.8 Å². The van der Waals surface area contributed by atoms with E-state index in [1.165, 1.54) is 31.2 Å². The lowest BCUT2D eigenvalue weighted by Crippen LogP contribution is -2.01. The van der Waals surface area contributed by atoms with Crippen LogP contribution in [-0.2, 0) is 0 Å². The summed E-state index contributed by atoms with van der Waals surface area (Å²) in [6.07, 6.45) is 0. The van der Waals surface area contributed by atoms with Gasteiger partial charge in [0, 0.05) is 0 Å². The van der Waals surface area contributed by atoms with Gasteiger partial charge in [-0.05, 0) is 86.0 Å². The molecule has 0 aliphatic carbocycles. The molecule has 0 bridgehead atoms. The molecule has 0 unspecified atom stereocenters. The Morgan fingerprint density at radius 2 is 1.00 bits per heavy atom. The highest BCUT2D eigenvalue weighted by Gasteiger charge is 2.13. The number of benzene rings is 3. The normalized spacial score (nSPS) is 9.74. The number of carboxylic acids is 3. The zero-order valence-electron chi connectivity index (χ0n) is 18.2. The van der Waals surface area contributed by atoms with Crippen molar-refractivity contribution in [3.63, 3.8) is 0 Å². The number of halogens is 4. The van der Waals surface area contributed by atoms with Gasteiger partial charge in [0.1, 0.15) is 17.5 Å². The molecule has 0 aliphatic heterocycles. The third-order valence-electron chi connectivity index (χ3n) is 4.30. The summed E-state index contributed by atoms with van der Waals surface area (Å²) < 4.78 is 37.4. The standard InChI is InChI=1S/C8H6ClFO2.2C8H7FO2/c1-4-2-5(10)3-6(9)7(4)8(11)12;2*1-5-4-6(9)2-3-7(5)8(10)11/h2-3H,1H3,(H,11,12);2*2-4H,1H3,(H,10,11). The van der Waals surface area contributed by atoms with Gasteiger partial charge in [-0.15, -0.1) is 0 Å². The molecule has 0 aromatic heterocycles. The van der Waals surface area contributed by atoms with Crippen molar-refractivity contribution in [1.29, 1.82) is 0 Å². The van der Waals surface area contributed by atoms with Gasteiger partial charge >= 0.3 is 17.9 Å². The quantitative estimate of drug-likeness (QED) is 0.401. The topological polar surface area (TPSA) is 112 Å². The molecule has 0 atom stereocenters. The van der Waals surface area contributed by atoms with Crippen LogP contribution in [0.5, 0.6) is 0 Å². The lowest BCUT2D eigenvalue weighted by molar-refractivity contribution is 0.0685. The van der Waals surface area contributed by atoms with Gasteiger partial charge in [-0.25, -0.2) is 27.6 Å².